The van der Waals surface area contributed by atoms with E-state index in [2.05, 4.69) is 32.2 Å². The summed E-state index contributed by atoms with van der Waals surface area (Å²) in [5, 5.41) is 3.63. The van der Waals surface area contributed by atoms with Gasteiger partial charge in [0.05, 0.1) is 12.5 Å². The van der Waals surface area contributed by atoms with Crippen molar-refractivity contribution in [3.05, 3.63) is 24.2 Å². The van der Waals surface area contributed by atoms with Gasteiger partial charge >= 0.3 is 0 Å². The maximum Gasteiger partial charge on any atom is 0.0934 e. The molecule has 1 unspecified atom stereocenters. The second kappa shape index (κ2) is 5.26. The van der Waals surface area contributed by atoms with Gasteiger partial charge in [-0.25, -0.2) is 0 Å². The lowest BCUT2D eigenvalue weighted by Crippen LogP contribution is -2.37. The third-order valence-electron chi connectivity index (χ3n) is 3.83. The quantitative estimate of drug-likeness (QED) is 0.782. The van der Waals surface area contributed by atoms with Gasteiger partial charge in [0.1, 0.15) is 0 Å². The Hall–Kier alpha value is -0.760. The van der Waals surface area contributed by atoms with E-state index >= 15 is 0 Å². The molecule has 17 heavy (non-hydrogen) atoms. The van der Waals surface area contributed by atoms with Crippen molar-refractivity contribution in [3.63, 3.8) is 0 Å². The van der Waals surface area contributed by atoms with Crippen molar-refractivity contribution < 1.29 is 4.42 Å². The Morgan fingerprint density at radius 2 is 2.24 bits per heavy atom. The maximum atomic E-state index is 5.18. The normalized spacial score (nSPS) is 19.5. The molecular formula is C15H25NO. The smallest absolute Gasteiger partial charge is 0.0934 e. The second-order valence-corrected chi connectivity index (χ2v) is 6.26. The van der Waals surface area contributed by atoms with E-state index in [0.717, 1.165) is 31.3 Å². The van der Waals surface area contributed by atoms with E-state index in [1.165, 1.54) is 18.4 Å². The van der Waals surface area contributed by atoms with Crippen LogP contribution in [-0.4, -0.2) is 13.1 Å². The first kappa shape index (κ1) is 12.7. The molecule has 0 spiro atoms. The Morgan fingerprint density at radius 1 is 1.47 bits per heavy atom. The van der Waals surface area contributed by atoms with E-state index in [9.17, 15) is 0 Å². The van der Waals surface area contributed by atoms with Crippen LogP contribution < -0.4 is 5.32 Å². The third-order valence-corrected chi connectivity index (χ3v) is 3.83. The second-order valence-electron chi connectivity index (χ2n) is 6.26. The highest BCUT2D eigenvalue weighted by Gasteiger charge is 2.41. The lowest BCUT2D eigenvalue weighted by molar-refractivity contribution is 0.251. The predicted molar refractivity (Wildman–Crippen MR) is 71.0 cm³/mol. The van der Waals surface area contributed by atoms with Gasteiger partial charge in [-0.15, -0.1) is 0 Å². The molecule has 0 saturated heterocycles. The van der Waals surface area contributed by atoms with E-state index in [4.69, 9.17) is 4.42 Å². The molecule has 0 bridgehead atoms. The van der Waals surface area contributed by atoms with Gasteiger partial charge < -0.3 is 9.73 Å². The van der Waals surface area contributed by atoms with Gasteiger partial charge in [0, 0.05) is 6.54 Å². The number of rotatable bonds is 7. The average molecular weight is 235 g/mol. The standard InChI is InChI=1S/C15H25NO/c1-12(2)9-16-11-15(3,14-4-5-14)8-13-6-7-17-10-13/h6-7,10,12,14,16H,4-5,8-9,11H2,1-3H3. The van der Waals surface area contributed by atoms with Gasteiger partial charge in [-0.3, -0.25) is 0 Å². The minimum atomic E-state index is 0.402. The summed E-state index contributed by atoms with van der Waals surface area (Å²) in [6, 6.07) is 2.10. The molecule has 96 valence electrons. The van der Waals surface area contributed by atoms with Crippen molar-refractivity contribution >= 4 is 0 Å². The van der Waals surface area contributed by atoms with Gasteiger partial charge in [-0.05, 0) is 54.7 Å². The molecule has 1 aliphatic carbocycles. The molecular weight excluding hydrogens is 210 g/mol. The first-order valence-corrected chi connectivity index (χ1v) is 6.82. The topological polar surface area (TPSA) is 25.2 Å². The van der Waals surface area contributed by atoms with Crippen LogP contribution in [0.15, 0.2) is 23.0 Å². The SMILES string of the molecule is CC(C)CNCC(C)(Cc1ccoc1)C1CC1. The van der Waals surface area contributed by atoms with Crippen LogP contribution in [0.1, 0.15) is 39.2 Å². The number of hydrogen-bond donors (Lipinski definition) is 1. The third kappa shape index (κ3) is 3.60. The van der Waals surface area contributed by atoms with Crippen molar-refractivity contribution in [2.45, 2.75) is 40.0 Å². The Morgan fingerprint density at radius 3 is 2.76 bits per heavy atom. The summed E-state index contributed by atoms with van der Waals surface area (Å²) in [4.78, 5) is 0. The van der Waals surface area contributed by atoms with Crippen LogP contribution in [0.2, 0.25) is 0 Å². The predicted octanol–water partition coefficient (Wildman–Crippen LogP) is 3.48. The van der Waals surface area contributed by atoms with Crippen LogP contribution >= 0.6 is 0 Å². The van der Waals surface area contributed by atoms with E-state index in [1.807, 2.05) is 6.26 Å². The van der Waals surface area contributed by atoms with Gasteiger partial charge in [-0.2, -0.15) is 0 Å². The summed E-state index contributed by atoms with van der Waals surface area (Å²) in [5.41, 5.74) is 1.74. The molecule has 1 fully saturated rings. The van der Waals surface area contributed by atoms with Crippen LogP contribution in [0.4, 0.5) is 0 Å². The summed E-state index contributed by atoms with van der Waals surface area (Å²) >= 11 is 0. The monoisotopic (exact) mass is 235 g/mol. The summed E-state index contributed by atoms with van der Waals surface area (Å²) in [6.07, 6.45) is 7.61. The summed E-state index contributed by atoms with van der Waals surface area (Å²) in [7, 11) is 0. The number of furan rings is 1. The summed E-state index contributed by atoms with van der Waals surface area (Å²) in [5.74, 6) is 1.63. The van der Waals surface area contributed by atoms with Crippen molar-refractivity contribution in [2.24, 2.45) is 17.3 Å². The van der Waals surface area contributed by atoms with Crippen LogP contribution in [0.3, 0.4) is 0 Å². The number of hydrogen-bond acceptors (Lipinski definition) is 2. The molecule has 0 radical (unpaired) electrons. The molecule has 1 heterocycles. The van der Waals surface area contributed by atoms with Crippen molar-refractivity contribution in [1.82, 2.24) is 5.32 Å². The van der Waals surface area contributed by atoms with E-state index in [0.29, 0.717) is 5.41 Å². The zero-order valence-corrected chi connectivity index (χ0v) is 11.3. The maximum absolute atomic E-state index is 5.18. The van der Waals surface area contributed by atoms with E-state index in [-0.39, 0.29) is 0 Å². The van der Waals surface area contributed by atoms with Crippen molar-refractivity contribution in [2.75, 3.05) is 13.1 Å². The minimum Gasteiger partial charge on any atom is -0.472 e. The van der Waals surface area contributed by atoms with E-state index < -0.39 is 0 Å². The molecule has 0 aromatic carbocycles. The molecule has 1 saturated carbocycles. The number of nitrogens with one attached hydrogen (secondary N) is 1. The Balaban J connectivity index is 1.90. The zero-order chi connectivity index (χ0) is 12.3. The van der Waals surface area contributed by atoms with Crippen LogP contribution in [-0.2, 0) is 6.42 Å². The first-order chi connectivity index (χ1) is 8.10. The summed E-state index contributed by atoms with van der Waals surface area (Å²) in [6.45, 7) is 9.19. The fraction of sp³-hybridized carbons (Fsp3) is 0.733. The van der Waals surface area contributed by atoms with Crippen LogP contribution in [0.5, 0.6) is 0 Å². The minimum absolute atomic E-state index is 0.402. The van der Waals surface area contributed by atoms with Crippen molar-refractivity contribution in [1.29, 1.82) is 0 Å². The van der Waals surface area contributed by atoms with Crippen LogP contribution in [0.25, 0.3) is 0 Å². The fourth-order valence-electron chi connectivity index (χ4n) is 2.64. The molecule has 1 atom stereocenters. The van der Waals surface area contributed by atoms with Crippen molar-refractivity contribution in [3.8, 4) is 0 Å². The zero-order valence-electron chi connectivity index (χ0n) is 11.3. The molecule has 1 aliphatic rings. The molecule has 0 amide bonds. The molecule has 1 N–H and O–H groups in total. The fourth-order valence-corrected chi connectivity index (χ4v) is 2.64. The molecule has 0 aliphatic heterocycles. The highest BCUT2D eigenvalue weighted by atomic mass is 16.3. The Bertz CT molecular complexity index is 327. The Kier molecular flexibility index (Phi) is 3.93. The van der Waals surface area contributed by atoms with Gasteiger partial charge in [0.15, 0.2) is 0 Å². The first-order valence-electron chi connectivity index (χ1n) is 6.82. The largest absolute Gasteiger partial charge is 0.472 e. The molecule has 1 aromatic heterocycles. The molecule has 2 rings (SSSR count). The molecule has 2 nitrogen and oxygen atoms in total. The molecule has 1 aromatic rings. The highest BCUT2D eigenvalue weighted by molar-refractivity contribution is 5.11. The van der Waals surface area contributed by atoms with Crippen LogP contribution in [0, 0.1) is 17.3 Å². The lowest BCUT2D eigenvalue weighted by Gasteiger charge is -2.30. The highest BCUT2D eigenvalue weighted by Crippen LogP contribution is 2.47. The van der Waals surface area contributed by atoms with Gasteiger partial charge in [0.25, 0.3) is 0 Å². The lowest BCUT2D eigenvalue weighted by atomic mass is 9.79. The van der Waals surface area contributed by atoms with E-state index in [1.54, 1.807) is 6.26 Å². The average Bonchev–Trinajstić information content (AvgIpc) is 3.00. The summed E-state index contributed by atoms with van der Waals surface area (Å²) < 4.78 is 5.18. The molecule has 2 heteroatoms. The Labute approximate surface area is 105 Å². The van der Waals surface area contributed by atoms with Gasteiger partial charge in [-0.1, -0.05) is 20.8 Å². The van der Waals surface area contributed by atoms with Gasteiger partial charge in [0.2, 0.25) is 0 Å².